The summed E-state index contributed by atoms with van der Waals surface area (Å²) < 4.78 is 27.9. The molecule has 232 valence electrons. The second kappa shape index (κ2) is 17.8. The molecule has 1 N–H and O–H groups in total. The molecule has 2 aliphatic heterocycles. The number of hydrogen-bond acceptors (Lipinski definition) is 6. The lowest BCUT2D eigenvalue weighted by molar-refractivity contribution is -0.0113. The van der Waals surface area contributed by atoms with Crippen LogP contribution in [-0.4, -0.2) is 68.4 Å². The molecule has 2 saturated heterocycles. The zero-order valence-corrected chi connectivity index (χ0v) is 27.1. The van der Waals surface area contributed by atoms with Crippen molar-refractivity contribution < 1.29 is 13.9 Å². The van der Waals surface area contributed by atoms with E-state index in [4.69, 9.17) is 9.47 Å². The third-order valence-corrected chi connectivity index (χ3v) is 9.25. The summed E-state index contributed by atoms with van der Waals surface area (Å²) in [5.41, 5.74) is 4.46. The average Bonchev–Trinajstić information content (AvgIpc) is 2.99. The Hall–Kier alpha value is -2.16. The van der Waals surface area contributed by atoms with Crippen LogP contribution in [0, 0.1) is 17.2 Å². The predicted molar refractivity (Wildman–Crippen MR) is 178 cm³/mol. The Balaban J connectivity index is 1.77. The number of anilines is 1. The number of morpholine rings is 1. The number of allylic oxidation sites excluding steroid dienone is 6. The molecular weight excluding hydrogens is 545 g/mol. The van der Waals surface area contributed by atoms with Crippen molar-refractivity contribution in [1.82, 2.24) is 9.21 Å². The van der Waals surface area contributed by atoms with Crippen LogP contribution in [0.25, 0.3) is 0 Å². The molecule has 0 amide bonds. The van der Waals surface area contributed by atoms with Gasteiger partial charge in [0.1, 0.15) is 5.82 Å². The Morgan fingerprint density at radius 2 is 1.88 bits per heavy atom. The largest absolute Gasteiger partial charge is 0.379 e. The van der Waals surface area contributed by atoms with E-state index in [0.717, 1.165) is 89.6 Å². The summed E-state index contributed by atoms with van der Waals surface area (Å²) in [4.78, 5) is 3.59. The SMILES string of the molecule is C=C/C(=C\C=C(/CC)C(C)C)SN1CCCC(COCCN2CCOCC2)(C/C(C)=C(\C=C)Nc2ccc(F)cc2)C1. The molecule has 7 heteroatoms. The minimum atomic E-state index is -0.243. The number of ether oxygens (including phenoxy) is 2. The number of rotatable bonds is 16. The zero-order valence-electron chi connectivity index (χ0n) is 26.3. The highest BCUT2D eigenvalue weighted by Gasteiger charge is 2.37. The highest BCUT2D eigenvalue weighted by atomic mass is 32.2. The standard InChI is InChI=1S/C35H52FN3O2S/c1-7-30(28(4)5)11-16-33(8-2)42-39-18-10-17-35(26-39,27-41-24-21-38-19-22-40-23-20-38)25-29(6)34(9-3)37-32-14-12-31(36)13-15-32/h8-9,11-16,28,37H,2-3,7,10,17-27H2,1,4-6H3/b30-11+,33-16+,34-29+. The molecule has 0 saturated carbocycles. The molecule has 1 unspecified atom stereocenters. The summed E-state index contributed by atoms with van der Waals surface area (Å²) in [6.45, 7) is 24.9. The lowest BCUT2D eigenvalue weighted by atomic mass is 9.76. The van der Waals surface area contributed by atoms with Crippen molar-refractivity contribution in [3.05, 3.63) is 89.3 Å². The van der Waals surface area contributed by atoms with Gasteiger partial charge in [-0.15, -0.1) is 0 Å². The van der Waals surface area contributed by atoms with Crippen molar-refractivity contribution in [3.63, 3.8) is 0 Å². The van der Waals surface area contributed by atoms with Crippen LogP contribution < -0.4 is 5.32 Å². The van der Waals surface area contributed by atoms with Gasteiger partial charge < -0.3 is 14.8 Å². The van der Waals surface area contributed by atoms with E-state index < -0.39 is 0 Å². The predicted octanol–water partition coefficient (Wildman–Crippen LogP) is 8.23. The number of benzene rings is 1. The molecule has 0 radical (unpaired) electrons. The van der Waals surface area contributed by atoms with Crippen molar-refractivity contribution in [2.24, 2.45) is 11.3 Å². The third kappa shape index (κ3) is 11.2. The summed E-state index contributed by atoms with van der Waals surface area (Å²) in [7, 11) is 0. The van der Waals surface area contributed by atoms with Crippen molar-refractivity contribution >= 4 is 17.6 Å². The van der Waals surface area contributed by atoms with Crippen molar-refractivity contribution in [2.45, 2.75) is 53.4 Å². The van der Waals surface area contributed by atoms with Gasteiger partial charge in [-0.25, -0.2) is 8.70 Å². The first kappa shape index (κ1) is 34.3. The maximum absolute atomic E-state index is 13.5. The van der Waals surface area contributed by atoms with E-state index in [1.165, 1.54) is 28.2 Å². The van der Waals surface area contributed by atoms with Crippen LogP contribution in [0.15, 0.2) is 83.5 Å². The van der Waals surface area contributed by atoms with E-state index in [0.29, 0.717) is 12.5 Å². The van der Waals surface area contributed by atoms with Crippen molar-refractivity contribution in [2.75, 3.05) is 64.5 Å². The smallest absolute Gasteiger partial charge is 0.123 e. The van der Waals surface area contributed by atoms with E-state index in [-0.39, 0.29) is 11.2 Å². The summed E-state index contributed by atoms with van der Waals surface area (Å²) in [5, 5.41) is 3.46. The molecule has 3 rings (SSSR count). The lowest BCUT2D eigenvalue weighted by Crippen LogP contribution is -2.44. The number of nitrogens with one attached hydrogen (secondary N) is 1. The van der Waals surface area contributed by atoms with Crippen LogP contribution in [-0.2, 0) is 9.47 Å². The normalized spacial score (nSPS) is 21.8. The van der Waals surface area contributed by atoms with Crippen molar-refractivity contribution in [3.8, 4) is 0 Å². The Labute approximate surface area is 258 Å². The van der Waals surface area contributed by atoms with Gasteiger partial charge in [-0.1, -0.05) is 51.7 Å². The van der Waals surface area contributed by atoms with E-state index in [1.807, 2.05) is 12.2 Å². The quantitative estimate of drug-likeness (QED) is 0.118. The third-order valence-electron chi connectivity index (χ3n) is 8.16. The highest BCUT2D eigenvalue weighted by molar-refractivity contribution is 8.01. The Kier molecular flexibility index (Phi) is 14.6. The lowest BCUT2D eigenvalue weighted by Gasteiger charge is -2.43. The molecule has 2 fully saturated rings. The summed E-state index contributed by atoms with van der Waals surface area (Å²) >= 11 is 1.81. The second-order valence-corrected chi connectivity index (χ2v) is 13.0. The number of halogens is 1. The molecule has 0 aromatic heterocycles. The molecule has 0 bridgehead atoms. The van der Waals surface area contributed by atoms with Gasteiger partial charge in [-0.2, -0.15) is 0 Å². The molecule has 1 atom stereocenters. The summed E-state index contributed by atoms with van der Waals surface area (Å²) in [5.74, 6) is 0.296. The van der Waals surface area contributed by atoms with Gasteiger partial charge in [0, 0.05) is 54.4 Å². The van der Waals surface area contributed by atoms with Crippen LogP contribution >= 0.6 is 11.9 Å². The zero-order chi connectivity index (χ0) is 30.4. The van der Waals surface area contributed by atoms with Crippen LogP contribution in [0.4, 0.5) is 10.1 Å². The van der Waals surface area contributed by atoms with Crippen molar-refractivity contribution in [1.29, 1.82) is 0 Å². The van der Waals surface area contributed by atoms with Crippen LogP contribution in [0.5, 0.6) is 0 Å². The molecule has 2 aliphatic rings. The van der Waals surface area contributed by atoms with Gasteiger partial charge in [-0.05, 0) is 92.5 Å². The Bertz CT molecular complexity index is 1090. The average molecular weight is 598 g/mol. The number of piperidine rings is 1. The molecule has 42 heavy (non-hydrogen) atoms. The topological polar surface area (TPSA) is 37.0 Å². The van der Waals surface area contributed by atoms with Gasteiger partial charge in [0.05, 0.1) is 26.4 Å². The molecule has 1 aromatic rings. The first-order chi connectivity index (χ1) is 20.3. The molecule has 1 aromatic carbocycles. The van der Waals surface area contributed by atoms with E-state index in [9.17, 15) is 4.39 Å². The maximum Gasteiger partial charge on any atom is 0.123 e. The molecule has 0 spiro atoms. The van der Waals surface area contributed by atoms with Crippen LogP contribution in [0.1, 0.15) is 53.4 Å². The first-order valence-corrected chi connectivity index (χ1v) is 16.2. The van der Waals surface area contributed by atoms with Crippen LogP contribution in [0.2, 0.25) is 0 Å². The van der Waals surface area contributed by atoms with Gasteiger partial charge in [-0.3, -0.25) is 4.90 Å². The number of hydrogen-bond donors (Lipinski definition) is 1. The Morgan fingerprint density at radius 3 is 2.52 bits per heavy atom. The van der Waals surface area contributed by atoms with E-state index in [2.05, 4.69) is 67.5 Å². The fraction of sp³-hybridized carbons (Fsp3) is 0.543. The molecule has 2 heterocycles. The fourth-order valence-corrected chi connectivity index (χ4v) is 6.79. The summed E-state index contributed by atoms with van der Waals surface area (Å²) in [6.07, 6.45) is 12.5. The first-order valence-electron chi connectivity index (χ1n) is 15.5. The summed E-state index contributed by atoms with van der Waals surface area (Å²) in [6, 6.07) is 6.47. The van der Waals surface area contributed by atoms with E-state index >= 15 is 0 Å². The second-order valence-electron chi connectivity index (χ2n) is 11.8. The molecule has 5 nitrogen and oxygen atoms in total. The monoisotopic (exact) mass is 597 g/mol. The molecular formula is C35H52FN3O2S. The van der Waals surface area contributed by atoms with Crippen LogP contribution in [0.3, 0.4) is 0 Å². The Morgan fingerprint density at radius 1 is 1.14 bits per heavy atom. The minimum absolute atomic E-state index is 0.0340. The van der Waals surface area contributed by atoms with Gasteiger partial charge in [0.2, 0.25) is 0 Å². The van der Waals surface area contributed by atoms with Gasteiger partial charge in [0.25, 0.3) is 0 Å². The molecule has 0 aliphatic carbocycles. The van der Waals surface area contributed by atoms with Gasteiger partial charge in [0.15, 0.2) is 0 Å². The number of nitrogens with zero attached hydrogens (tertiary/aromatic N) is 2. The van der Waals surface area contributed by atoms with E-state index in [1.54, 1.807) is 24.1 Å². The highest BCUT2D eigenvalue weighted by Crippen LogP contribution is 2.41. The fourth-order valence-electron chi connectivity index (χ4n) is 5.73. The minimum Gasteiger partial charge on any atom is -0.379 e. The maximum atomic E-state index is 13.5. The van der Waals surface area contributed by atoms with Gasteiger partial charge >= 0.3 is 0 Å².